The number of rotatable bonds is 5. The van der Waals surface area contributed by atoms with Crippen LogP contribution in [0.3, 0.4) is 0 Å². The van der Waals surface area contributed by atoms with Crippen molar-refractivity contribution in [1.29, 1.82) is 0 Å². The van der Waals surface area contributed by atoms with Crippen LogP contribution in [0.15, 0.2) is 0 Å². The third kappa shape index (κ3) is 3.65. The number of carboxylic acid groups (broad SMARTS) is 1. The summed E-state index contributed by atoms with van der Waals surface area (Å²) in [5, 5.41) is 21.8. The van der Waals surface area contributed by atoms with Gasteiger partial charge in [0.1, 0.15) is 12.1 Å². The van der Waals surface area contributed by atoms with Crippen LogP contribution in [-0.2, 0) is 14.4 Å². The zero-order chi connectivity index (χ0) is 14.6. The predicted molar refractivity (Wildman–Crippen MR) is 61.0 cm³/mol. The van der Waals surface area contributed by atoms with Gasteiger partial charge in [0.25, 0.3) is 5.91 Å². The van der Waals surface area contributed by atoms with Crippen molar-refractivity contribution in [1.82, 2.24) is 15.5 Å². The van der Waals surface area contributed by atoms with Crippen LogP contribution in [0.4, 0.5) is 4.79 Å². The summed E-state index contributed by atoms with van der Waals surface area (Å²) in [6.45, 7) is -0.402. The predicted octanol–water partition coefficient (Wildman–Crippen LogP) is -2.12. The topological polar surface area (TPSA) is 136 Å². The molecule has 9 nitrogen and oxygen atoms in total. The number of aliphatic hydroxyl groups excluding tert-OH is 1. The van der Waals surface area contributed by atoms with Gasteiger partial charge < -0.3 is 20.8 Å². The van der Waals surface area contributed by atoms with Crippen molar-refractivity contribution in [3.05, 3.63) is 0 Å². The smallest absolute Gasteiger partial charge is 0.326 e. The summed E-state index contributed by atoms with van der Waals surface area (Å²) >= 11 is 0. The fourth-order valence-electron chi connectivity index (χ4n) is 1.61. The Labute approximate surface area is 108 Å². The van der Waals surface area contributed by atoms with E-state index in [0.717, 1.165) is 4.90 Å². The number of aliphatic hydroxyl groups is 1. The molecule has 0 aromatic carbocycles. The first kappa shape index (κ1) is 14.9. The molecule has 1 fully saturated rings. The normalized spacial score (nSPS) is 20.3. The van der Waals surface area contributed by atoms with Crippen LogP contribution < -0.4 is 10.6 Å². The molecule has 4 N–H and O–H groups in total. The number of amides is 4. The fourth-order valence-corrected chi connectivity index (χ4v) is 1.61. The van der Waals surface area contributed by atoms with Gasteiger partial charge in [-0.05, 0) is 0 Å². The molecule has 9 heteroatoms. The number of hydrogen-bond donors (Lipinski definition) is 4. The van der Waals surface area contributed by atoms with Gasteiger partial charge in [0.2, 0.25) is 5.91 Å². The van der Waals surface area contributed by atoms with E-state index in [2.05, 4.69) is 10.6 Å². The van der Waals surface area contributed by atoms with Crippen LogP contribution in [0.25, 0.3) is 0 Å². The molecule has 106 valence electrons. The number of hydrogen-bond acceptors (Lipinski definition) is 5. The second-order valence-corrected chi connectivity index (χ2v) is 4.07. The van der Waals surface area contributed by atoms with Crippen LogP contribution in [0.5, 0.6) is 0 Å². The highest BCUT2D eigenvalue weighted by atomic mass is 16.4. The molecule has 0 aliphatic carbocycles. The SMILES string of the molecule is CN1C(=O)CC(NC(=O)NC(CCO)C(=O)O)C1=O. The van der Waals surface area contributed by atoms with Crippen molar-refractivity contribution in [2.45, 2.75) is 24.9 Å². The summed E-state index contributed by atoms with van der Waals surface area (Å²) < 4.78 is 0. The van der Waals surface area contributed by atoms with Crippen LogP contribution in [-0.4, -0.2) is 64.7 Å². The fraction of sp³-hybridized carbons (Fsp3) is 0.600. The molecular weight excluding hydrogens is 258 g/mol. The molecule has 1 aliphatic rings. The minimum atomic E-state index is -1.30. The lowest BCUT2D eigenvalue weighted by molar-refractivity contribution is -0.139. The van der Waals surface area contributed by atoms with Gasteiger partial charge in [-0.1, -0.05) is 0 Å². The van der Waals surface area contributed by atoms with Gasteiger partial charge in [-0.3, -0.25) is 14.5 Å². The number of likely N-dealkylation sites (N-methyl/N-ethyl adjacent to an activating group) is 1. The van der Waals surface area contributed by atoms with E-state index >= 15 is 0 Å². The second kappa shape index (κ2) is 6.14. The first-order chi connectivity index (χ1) is 8.86. The van der Waals surface area contributed by atoms with Crippen molar-refractivity contribution < 1.29 is 29.4 Å². The van der Waals surface area contributed by atoms with Gasteiger partial charge >= 0.3 is 12.0 Å². The minimum Gasteiger partial charge on any atom is -0.480 e. The van der Waals surface area contributed by atoms with Crippen molar-refractivity contribution in [3.8, 4) is 0 Å². The molecule has 0 bridgehead atoms. The lowest BCUT2D eigenvalue weighted by Crippen LogP contribution is -2.51. The summed E-state index contributed by atoms with van der Waals surface area (Å²) in [7, 11) is 1.30. The van der Waals surface area contributed by atoms with Crippen LogP contribution in [0, 0.1) is 0 Å². The molecule has 1 saturated heterocycles. The summed E-state index contributed by atoms with van der Waals surface area (Å²) in [4.78, 5) is 45.9. The number of imide groups is 1. The molecule has 2 unspecified atom stereocenters. The van der Waals surface area contributed by atoms with Crippen LogP contribution >= 0.6 is 0 Å². The van der Waals surface area contributed by atoms with E-state index in [1.807, 2.05) is 0 Å². The highest BCUT2D eigenvalue weighted by Crippen LogP contribution is 2.10. The molecule has 0 aromatic heterocycles. The third-order valence-electron chi connectivity index (χ3n) is 2.71. The zero-order valence-electron chi connectivity index (χ0n) is 10.3. The summed E-state index contributed by atoms with van der Waals surface area (Å²) in [6.07, 6.45) is -0.305. The Hall–Kier alpha value is -2.16. The number of carboxylic acids is 1. The molecule has 1 aliphatic heterocycles. The molecule has 0 aromatic rings. The average Bonchev–Trinajstić information content (AvgIpc) is 2.56. The molecule has 0 saturated carbocycles. The first-order valence-corrected chi connectivity index (χ1v) is 5.58. The van der Waals surface area contributed by atoms with Gasteiger partial charge in [0.05, 0.1) is 6.42 Å². The molecule has 4 amide bonds. The maximum atomic E-state index is 11.5. The Balaban J connectivity index is 2.54. The summed E-state index contributed by atoms with van der Waals surface area (Å²) in [5.74, 6) is -2.26. The summed E-state index contributed by atoms with van der Waals surface area (Å²) in [6, 6.07) is -3.11. The lowest BCUT2D eigenvalue weighted by atomic mass is 10.2. The third-order valence-corrected chi connectivity index (χ3v) is 2.71. The lowest BCUT2D eigenvalue weighted by Gasteiger charge is -2.16. The van der Waals surface area contributed by atoms with E-state index in [1.165, 1.54) is 7.05 Å². The highest BCUT2D eigenvalue weighted by Gasteiger charge is 2.37. The van der Waals surface area contributed by atoms with Gasteiger partial charge in [-0.25, -0.2) is 9.59 Å². The van der Waals surface area contributed by atoms with Gasteiger partial charge in [-0.2, -0.15) is 0 Å². The van der Waals surface area contributed by atoms with E-state index in [9.17, 15) is 19.2 Å². The number of nitrogens with one attached hydrogen (secondary N) is 2. The Morgan fingerprint density at radius 2 is 2.11 bits per heavy atom. The second-order valence-electron chi connectivity index (χ2n) is 4.07. The largest absolute Gasteiger partial charge is 0.480 e. The highest BCUT2D eigenvalue weighted by molar-refractivity contribution is 6.06. The Morgan fingerprint density at radius 1 is 1.47 bits per heavy atom. The monoisotopic (exact) mass is 273 g/mol. The molecule has 2 atom stereocenters. The van der Waals surface area contributed by atoms with E-state index in [0.29, 0.717) is 0 Å². The number of likely N-dealkylation sites (tertiary alicyclic amines) is 1. The maximum absolute atomic E-state index is 11.5. The van der Waals surface area contributed by atoms with Crippen molar-refractivity contribution in [2.24, 2.45) is 0 Å². The first-order valence-electron chi connectivity index (χ1n) is 5.58. The number of carbonyl (C=O) groups excluding carboxylic acids is 3. The number of aliphatic carboxylic acids is 1. The van der Waals surface area contributed by atoms with Gasteiger partial charge in [0, 0.05) is 20.1 Å². The minimum absolute atomic E-state index is 0.152. The Morgan fingerprint density at radius 3 is 2.53 bits per heavy atom. The standard InChI is InChI=1S/C10H15N3O6/c1-13-7(15)4-6(8(13)16)12-10(19)11-5(2-3-14)9(17)18/h5-6,14H,2-4H2,1H3,(H,17,18)(H2,11,12,19). The van der Waals surface area contributed by atoms with Crippen LogP contribution in [0.2, 0.25) is 0 Å². The molecule has 0 radical (unpaired) electrons. The van der Waals surface area contributed by atoms with Crippen molar-refractivity contribution in [3.63, 3.8) is 0 Å². The number of carbonyl (C=O) groups is 4. The molecule has 0 spiro atoms. The molecule has 19 heavy (non-hydrogen) atoms. The van der Waals surface area contributed by atoms with E-state index in [-0.39, 0.29) is 12.8 Å². The van der Waals surface area contributed by atoms with Crippen molar-refractivity contribution in [2.75, 3.05) is 13.7 Å². The summed E-state index contributed by atoms with van der Waals surface area (Å²) in [5.41, 5.74) is 0. The van der Waals surface area contributed by atoms with Gasteiger partial charge in [0.15, 0.2) is 0 Å². The molecular formula is C10H15N3O6. The Bertz CT molecular complexity index is 410. The van der Waals surface area contributed by atoms with Crippen LogP contribution in [0.1, 0.15) is 12.8 Å². The maximum Gasteiger partial charge on any atom is 0.326 e. The quantitative estimate of drug-likeness (QED) is 0.423. The zero-order valence-corrected chi connectivity index (χ0v) is 10.3. The molecule has 1 heterocycles. The number of nitrogens with zero attached hydrogens (tertiary/aromatic N) is 1. The molecule has 1 rings (SSSR count). The van der Waals surface area contributed by atoms with Gasteiger partial charge in [-0.15, -0.1) is 0 Å². The average molecular weight is 273 g/mol. The van der Waals surface area contributed by atoms with E-state index in [4.69, 9.17) is 10.2 Å². The Kier molecular flexibility index (Phi) is 4.81. The van der Waals surface area contributed by atoms with Crippen molar-refractivity contribution >= 4 is 23.8 Å². The van der Waals surface area contributed by atoms with E-state index < -0.39 is 42.5 Å². The van der Waals surface area contributed by atoms with E-state index in [1.54, 1.807) is 0 Å². The number of urea groups is 1.